The maximum absolute atomic E-state index is 4.95. The second-order valence-corrected chi connectivity index (χ2v) is 3.61. The fraction of sp³-hybridized carbons (Fsp3) is 0.333. The van der Waals surface area contributed by atoms with Gasteiger partial charge in [0.05, 0.1) is 6.61 Å². The van der Waals surface area contributed by atoms with Crippen LogP contribution in [0.4, 0.5) is 0 Å². The van der Waals surface area contributed by atoms with E-state index in [0.29, 0.717) is 6.61 Å². The molecule has 0 atom stereocenters. The highest BCUT2D eigenvalue weighted by molar-refractivity contribution is 9.10. The first kappa shape index (κ1) is 9.71. The quantitative estimate of drug-likeness (QED) is 0.808. The van der Waals surface area contributed by atoms with Crippen LogP contribution in [-0.2, 0) is 11.3 Å². The van der Waals surface area contributed by atoms with Gasteiger partial charge in [0.2, 0.25) is 0 Å². The molecule has 2 nitrogen and oxygen atoms in total. The lowest BCUT2D eigenvalue weighted by Crippen LogP contribution is -2.04. The Morgan fingerprint density at radius 2 is 2.25 bits per heavy atom. The average Bonchev–Trinajstić information content (AvgIpc) is 2.03. The van der Waals surface area contributed by atoms with E-state index in [1.165, 1.54) is 11.1 Å². The molecule has 0 unspecified atom stereocenters. The van der Waals surface area contributed by atoms with Crippen LogP contribution in [0.25, 0.3) is 0 Å². The van der Waals surface area contributed by atoms with Crippen molar-refractivity contribution in [2.75, 3.05) is 6.61 Å². The lowest BCUT2D eigenvalue weighted by atomic mass is 10.1. The Labute approximate surface area is 80.8 Å². The smallest absolute Gasteiger partial charge is 0.0719 e. The first-order chi connectivity index (χ1) is 5.74. The molecule has 0 saturated heterocycles. The summed E-state index contributed by atoms with van der Waals surface area (Å²) in [6.07, 6.45) is 0.871. The molecule has 0 saturated carbocycles. The summed E-state index contributed by atoms with van der Waals surface area (Å²) in [5.41, 5.74) is 2.55. The van der Waals surface area contributed by atoms with Crippen LogP contribution in [0.2, 0.25) is 0 Å². The van der Waals surface area contributed by atoms with E-state index in [0.717, 1.165) is 10.9 Å². The monoisotopic (exact) mass is 229 g/mol. The molecule has 0 spiro atoms. The van der Waals surface area contributed by atoms with Crippen LogP contribution in [0.3, 0.4) is 0 Å². The fourth-order valence-electron chi connectivity index (χ4n) is 1.11. The highest BCUT2D eigenvalue weighted by Crippen LogP contribution is 2.15. The Morgan fingerprint density at radius 3 is 2.83 bits per heavy atom. The van der Waals surface area contributed by atoms with Crippen LogP contribution in [0.1, 0.15) is 11.1 Å². The predicted octanol–water partition coefficient (Wildman–Crippen LogP) is 2.19. The molecule has 1 rings (SSSR count). The van der Waals surface area contributed by atoms with E-state index in [-0.39, 0.29) is 0 Å². The van der Waals surface area contributed by atoms with Gasteiger partial charge in [-0.05, 0) is 36.6 Å². The van der Waals surface area contributed by atoms with E-state index >= 15 is 0 Å². The molecule has 0 aliphatic heterocycles. The van der Waals surface area contributed by atoms with Crippen LogP contribution in [0, 0.1) is 6.92 Å². The molecule has 0 heterocycles. The molecule has 0 aliphatic carbocycles. The molecule has 12 heavy (non-hydrogen) atoms. The number of halogens is 1. The van der Waals surface area contributed by atoms with Gasteiger partial charge in [0, 0.05) is 4.47 Å². The summed E-state index contributed by atoms with van der Waals surface area (Å²) >= 11 is 3.41. The molecule has 3 heteroatoms. The van der Waals surface area contributed by atoms with E-state index in [9.17, 15) is 0 Å². The lowest BCUT2D eigenvalue weighted by Gasteiger charge is -2.04. The third-order valence-electron chi connectivity index (χ3n) is 1.79. The second kappa shape index (κ2) is 4.60. The molecule has 0 bridgehead atoms. The summed E-state index contributed by atoms with van der Waals surface area (Å²) in [4.78, 5) is 4.52. The maximum Gasteiger partial charge on any atom is 0.0719 e. The summed E-state index contributed by atoms with van der Waals surface area (Å²) in [7, 11) is 0. The zero-order valence-electron chi connectivity index (χ0n) is 7.01. The zero-order valence-corrected chi connectivity index (χ0v) is 8.60. The van der Waals surface area contributed by atoms with E-state index in [1.807, 2.05) is 6.07 Å². The van der Waals surface area contributed by atoms with Gasteiger partial charge in [-0.1, -0.05) is 22.0 Å². The van der Waals surface area contributed by atoms with Crippen LogP contribution in [0.15, 0.2) is 22.7 Å². The molecular weight excluding hydrogens is 218 g/mol. The van der Waals surface area contributed by atoms with Gasteiger partial charge in [-0.3, -0.25) is 0 Å². The lowest BCUT2D eigenvalue weighted by molar-refractivity contribution is 0.141. The van der Waals surface area contributed by atoms with Crippen molar-refractivity contribution in [1.82, 2.24) is 0 Å². The van der Waals surface area contributed by atoms with Gasteiger partial charge in [-0.2, -0.15) is 0 Å². The minimum Gasteiger partial charge on any atom is -0.304 e. The third-order valence-corrected chi connectivity index (χ3v) is 2.29. The number of rotatable bonds is 3. The molecule has 1 aromatic carbocycles. The Bertz CT molecular complexity index is 263. The first-order valence-corrected chi connectivity index (χ1v) is 4.60. The van der Waals surface area contributed by atoms with Crippen molar-refractivity contribution in [2.24, 2.45) is 5.90 Å². The van der Waals surface area contributed by atoms with Crippen molar-refractivity contribution in [3.63, 3.8) is 0 Å². The van der Waals surface area contributed by atoms with Crippen molar-refractivity contribution in [3.8, 4) is 0 Å². The Balaban J connectivity index is 2.72. The average molecular weight is 230 g/mol. The van der Waals surface area contributed by atoms with E-state index in [4.69, 9.17) is 5.90 Å². The molecule has 66 valence electrons. The molecule has 2 N–H and O–H groups in total. The van der Waals surface area contributed by atoms with E-state index < -0.39 is 0 Å². The molecule has 0 aromatic heterocycles. The largest absolute Gasteiger partial charge is 0.304 e. The van der Waals surface area contributed by atoms with Gasteiger partial charge >= 0.3 is 0 Å². The Hall–Kier alpha value is -0.380. The van der Waals surface area contributed by atoms with Crippen molar-refractivity contribution < 1.29 is 4.84 Å². The molecule has 0 fully saturated rings. The van der Waals surface area contributed by atoms with Crippen LogP contribution >= 0.6 is 15.9 Å². The van der Waals surface area contributed by atoms with Crippen LogP contribution in [-0.4, -0.2) is 6.61 Å². The summed E-state index contributed by atoms with van der Waals surface area (Å²) in [6, 6.07) is 6.20. The molecule has 1 aromatic rings. The fourth-order valence-corrected chi connectivity index (χ4v) is 1.58. The molecule has 0 amide bonds. The third kappa shape index (κ3) is 2.59. The van der Waals surface area contributed by atoms with Crippen LogP contribution in [0.5, 0.6) is 0 Å². The number of hydrogen-bond donors (Lipinski definition) is 1. The van der Waals surface area contributed by atoms with Crippen LogP contribution < -0.4 is 5.90 Å². The number of benzene rings is 1. The predicted molar refractivity (Wildman–Crippen MR) is 52.7 cm³/mol. The topological polar surface area (TPSA) is 35.2 Å². The highest BCUT2D eigenvalue weighted by atomic mass is 79.9. The van der Waals surface area contributed by atoms with Crippen molar-refractivity contribution in [1.29, 1.82) is 0 Å². The first-order valence-electron chi connectivity index (χ1n) is 3.80. The van der Waals surface area contributed by atoms with Crippen molar-refractivity contribution >= 4 is 15.9 Å². The van der Waals surface area contributed by atoms with E-state index in [1.54, 1.807) is 0 Å². The SMILES string of the molecule is Cc1cc(Br)ccc1CCON. The van der Waals surface area contributed by atoms with Gasteiger partial charge in [0.25, 0.3) is 0 Å². The number of hydrogen-bond acceptors (Lipinski definition) is 2. The summed E-state index contributed by atoms with van der Waals surface area (Å²) < 4.78 is 1.11. The maximum atomic E-state index is 4.95. The second-order valence-electron chi connectivity index (χ2n) is 2.69. The summed E-state index contributed by atoms with van der Waals surface area (Å²) in [6.45, 7) is 2.65. The van der Waals surface area contributed by atoms with Gasteiger partial charge in [0.15, 0.2) is 0 Å². The Morgan fingerprint density at radius 1 is 1.50 bits per heavy atom. The number of nitrogens with two attached hydrogens (primary N) is 1. The van der Waals surface area contributed by atoms with Gasteiger partial charge in [0.1, 0.15) is 0 Å². The zero-order chi connectivity index (χ0) is 8.97. The molecule has 0 aliphatic rings. The normalized spacial score (nSPS) is 10.2. The minimum atomic E-state index is 0.572. The highest BCUT2D eigenvalue weighted by Gasteiger charge is 1.97. The van der Waals surface area contributed by atoms with Crippen molar-refractivity contribution in [3.05, 3.63) is 33.8 Å². The summed E-state index contributed by atoms with van der Waals surface area (Å²) in [5, 5.41) is 0. The van der Waals surface area contributed by atoms with E-state index in [2.05, 4.69) is 39.8 Å². The van der Waals surface area contributed by atoms with Gasteiger partial charge in [-0.15, -0.1) is 0 Å². The van der Waals surface area contributed by atoms with Gasteiger partial charge in [-0.25, -0.2) is 5.90 Å². The molecular formula is C9H12BrNO. The van der Waals surface area contributed by atoms with Crippen molar-refractivity contribution in [2.45, 2.75) is 13.3 Å². The minimum absolute atomic E-state index is 0.572. The van der Waals surface area contributed by atoms with Gasteiger partial charge < -0.3 is 4.84 Å². The summed E-state index contributed by atoms with van der Waals surface area (Å²) in [5.74, 6) is 4.95. The number of aryl methyl sites for hydroxylation is 1. The molecule has 0 radical (unpaired) electrons. The standard InChI is InChI=1S/C9H12BrNO/c1-7-6-9(10)3-2-8(7)4-5-12-11/h2-3,6H,4-5,11H2,1H3. The Kier molecular flexibility index (Phi) is 3.72.